The van der Waals surface area contributed by atoms with Gasteiger partial charge in [0.15, 0.2) is 0 Å². The molecule has 0 amide bonds. The van der Waals surface area contributed by atoms with Gasteiger partial charge in [-0.15, -0.1) is 0 Å². The van der Waals surface area contributed by atoms with Gasteiger partial charge < -0.3 is 33.9 Å². The minimum absolute atomic E-state index is 0.0248. The largest absolute Gasteiger partial charge is 0.462 e. The molecule has 13 atom stereocenters. The summed E-state index contributed by atoms with van der Waals surface area (Å²) in [6, 6.07) is -0.348. The van der Waals surface area contributed by atoms with Gasteiger partial charge in [0, 0.05) is 76.9 Å². The molecule has 1 heterocycles. The van der Waals surface area contributed by atoms with E-state index in [1.165, 1.54) is 6.92 Å². The quantitative estimate of drug-likeness (QED) is 0.483. The molecule has 0 aromatic heterocycles. The summed E-state index contributed by atoms with van der Waals surface area (Å²) in [5.74, 6) is -0.924. The van der Waals surface area contributed by atoms with Crippen molar-refractivity contribution in [1.82, 2.24) is 4.90 Å². The zero-order chi connectivity index (χ0) is 25.8. The predicted molar refractivity (Wildman–Crippen MR) is 128 cm³/mol. The number of likely N-dealkylation sites (N-methyl/N-ethyl adjacent to an activating group) is 1. The molecule has 36 heavy (non-hydrogen) atoms. The standard InChI is InChI=1S/C27H43NO8/c1-7-28-12-24(13-32-3)9-8-18(34-5)26-16-10-15-17(33-4)11-25(30,19(16)20(15)36-14(2)29)27(31,23(26)28)22(35-6)21(24)26/h15-23,30-31H,7-13H2,1-6H3/t15-,16-,17+,18+,19-,20+,21-,22-,23?,24+,25-,26+,27-/m0/s1. The molecule has 5 aliphatic carbocycles. The number of methoxy groups -OCH3 is 4. The van der Waals surface area contributed by atoms with Crippen molar-refractivity contribution in [1.29, 1.82) is 0 Å². The molecule has 6 fully saturated rings. The van der Waals surface area contributed by atoms with Crippen LogP contribution in [0.25, 0.3) is 0 Å². The maximum Gasteiger partial charge on any atom is 0.302 e. The molecular weight excluding hydrogens is 466 g/mol. The summed E-state index contributed by atoms with van der Waals surface area (Å²) in [7, 11) is 6.83. The normalized spacial score (nSPS) is 56.6. The van der Waals surface area contributed by atoms with Gasteiger partial charge in [0.25, 0.3) is 0 Å². The number of aliphatic hydroxyl groups is 2. The van der Waals surface area contributed by atoms with Crippen molar-refractivity contribution in [2.75, 3.05) is 48.1 Å². The third kappa shape index (κ3) is 2.55. The third-order valence-corrected chi connectivity index (χ3v) is 11.8. The van der Waals surface area contributed by atoms with Gasteiger partial charge in [-0.25, -0.2) is 0 Å². The number of carbonyl (C=O) groups is 1. The first-order chi connectivity index (χ1) is 17.2. The SMILES string of the molecule is CCN1C[C@@]2(COC)CC[C@@H](OC)[C@@]34C1[C@@](O)([C@@H](OC)[C@@H]23)[C@]1(O)C[C@@H](OC)[C@@H]2C[C@H]4[C@H]1[C@@H]2OC(C)=O. The van der Waals surface area contributed by atoms with Gasteiger partial charge in [0.1, 0.15) is 17.3 Å². The van der Waals surface area contributed by atoms with E-state index in [1.54, 1.807) is 28.4 Å². The molecule has 9 heteroatoms. The molecule has 0 aromatic carbocycles. The second-order valence-electron chi connectivity index (χ2n) is 12.5. The number of fused-ring (bicyclic) bond motifs is 2. The van der Waals surface area contributed by atoms with E-state index >= 15 is 0 Å². The Morgan fingerprint density at radius 1 is 1.11 bits per heavy atom. The number of carbonyl (C=O) groups excluding carboxylic acids is 1. The molecule has 204 valence electrons. The summed E-state index contributed by atoms with van der Waals surface area (Å²) < 4.78 is 30.5. The fraction of sp³-hybridized carbons (Fsp3) is 0.963. The highest BCUT2D eigenvalue weighted by Crippen LogP contribution is 2.80. The topological polar surface area (TPSA) is 107 Å². The number of piperidine rings is 1. The van der Waals surface area contributed by atoms with Crippen LogP contribution in [0.4, 0.5) is 0 Å². The number of hydrogen-bond acceptors (Lipinski definition) is 9. The summed E-state index contributed by atoms with van der Waals surface area (Å²) in [5.41, 5.74) is -3.87. The van der Waals surface area contributed by atoms with Gasteiger partial charge in [-0.1, -0.05) is 6.92 Å². The molecule has 7 bridgehead atoms. The number of ether oxygens (including phenoxy) is 5. The van der Waals surface area contributed by atoms with Gasteiger partial charge in [-0.2, -0.15) is 0 Å². The first kappa shape index (κ1) is 25.5. The Labute approximate surface area is 213 Å². The van der Waals surface area contributed by atoms with Crippen molar-refractivity contribution in [3.63, 3.8) is 0 Å². The predicted octanol–water partition coefficient (Wildman–Crippen LogP) is 0.842. The Morgan fingerprint density at radius 3 is 2.44 bits per heavy atom. The summed E-state index contributed by atoms with van der Waals surface area (Å²) >= 11 is 0. The molecule has 1 aliphatic heterocycles. The zero-order valence-corrected chi connectivity index (χ0v) is 22.4. The number of rotatable bonds is 7. The molecule has 0 radical (unpaired) electrons. The summed E-state index contributed by atoms with van der Waals surface area (Å²) in [6.45, 7) is 5.62. The van der Waals surface area contributed by atoms with E-state index in [0.29, 0.717) is 6.61 Å². The van der Waals surface area contributed by atoms with E-state index in [0.717, 1.165) is 32.4 Å². The minimum Gasteiger partial charge on any atom is -0.462 e. The van der Waals surface area contributed by atoms with Gasteiger partial charge in [-0.05, 0) is 31.7 Å². The molecule has 9 nitrogen and oxygen atoms in total. The Morgan fingerprint density at radius 2 is 1.86 bits per heavy atom. The van der Waals surface area contributed by atoms with Gasteiger partial charge in [-0.3, -0.25) is 9.69 Å². The van der Waals surface area contributed by atoms with Crippen LogP contribution < -0.4 is 0 Å². The van der Waals surface area contributed by atoms with E-state index in [9.17, 15) is 15.0 Å². The molecule has 1 unspecified atom stereocenters. The van der Waals surface area contributed by atoms with Crippen molar-refractivity contribution in [3.8, 4) is 0 Å². The lowest BCUT2D eigenvalue weighted by molar-refractivity contribution is -0.319. The maximum absolute atomic E-state index is 13.1. The Balaban J connectivity index is 1.66. The highest BCUT2D eigenvalue weighted by atomic mass is 16.6. The van der Waals surface area contributed by atoms with Crippen LogP contribution in [0, 0.1) is 34.5 Å². The summed E-state index contributed by atoms with van der Waals surface area (Å²) in [6.07, 6.45) is 1.20. The van der Waals surface area contributed by atoms with Crippen LogP contribution in [-0.2, 0) is 28.5 Å². The fourth-order valence-corrected chi connectivity index (χ4v) is 11.3. The minimum atomic E-state index is -1.59. The van der Waals surface area contributed by atoms with Crippen LogP contribution in [0.3, 0.4) is 0 Å². The lowest BCUT2D eigenvalue weighted by atomic mass is 9.42. The van der Waals surface area contributed by atoms with E-state index in [1.807, 2.05) is 0 Å². The van der Waals surface area contributed by atoms with E-state index in [2.05, 4.69) is 11.8 Å². The molecule has 6 rings (SSSR count). The first-order valence-corrected chi connectivity index (χ1v) is 13.6. The zero-order valence-electron chi connectivity index (χ0n) is 22.4. The molecule has 5 saturated carbocycles. The Hall–Kier alpha value is -0.810. The van der Waals surface area contributed by atoms with E-state index in [4.69, 9.17) is 23.7 Å². The van der Waals surface area contributed by atoms with Crippen LogP contribution in [0.15, 0.2) is 0 Å². The van der Waals surface area contributed by atoms with Crippen LogP contribution in [0.2, 0.25) is 0 Å². The fourth-order valence-electron chi connectivity index (χ4n) is 11.3. The molecule has 0 aromatic rings. The highest BCUT2D eigenvalue weighted by Gasteiger charge is 2.91. The molecule has 1 spiro atoms. The maximum atomic E-state index is 13.1. The van der Waals surface area contributed by atoms with Crippen LogP contribution in [0.5, 0.6) is 0 Å². The van der Waals surface area contributed by atoms with Crippen LogP contribution >= 0.6 is 0 Å². The third-order valence-electron chi connectivity index (χ3n) is 11.8. The number of hydrogen-bond donors (Lipinski definition) is 2. The van der Waals surface area contributed by atoms with Crippen molar-refractivity contribution in [2.45, 2.75) is 81.2 Å². The van der Waals surface area contributed by atoms with Gasteiger partial charge in [0.05, 0.1) is 31.0 Å². The number of esters is 1. The monoisotopic (exact) mass is 509 g/mol. The van der Waals surface area contributed by atoms with Gasteiger partial charge in [0.2, 0.25) is 0 Å². The molecular formula is C27H43NO8. The van der Waals surface area contributed by atoms with E-state index < -0.39 is 34.7 Å². The Kier molecular flexibility index (Phi) is 5.73. The molecule has 6 aliphatic rings. The average Bonchev–Trinajstić information content (AvgIpc) is 3.23. The second kappa shape index (κ2) is 8.10. The number of likely N-dealkylation sites (tertiary alicyclic amines) is 1. The highest BCUT2D eigenvalue weighted by molar-refractivity contribution is 5.66. The lowest BCUT2D eigenvalue weighted by Crippen LogP contribution is -2.82. The molecule has 2 N–H and O–H groups in total. The average molecular weight is 510 g/mol. The van der Waals surface area contributed by atoms with Crippen molar-refractivity contribution in [2.24, 2.45) is 34.5 Å². The molecule has 1 saturated heterocycles. The van der Waals surface area contributed by atoms with Crippen LogP contribution in [-0.4, -0.2) is 111 Å². The van der Waals surface area contributed by atoms with Gasteiger partial charge >= 0.3 is 5.97 Å². The summed E-state index contributed by atoms with van der Waals surface area (Å²) in [4.78, 5) is 14.7. The number of nitrogens with zero attached hydrogens (tertiary/aromatic N) is 1. The van der Waals surface area contributed by atoms with Crippen LogP contribution in [0.1, 0.15) is 39.5 Å². The van der Waals surface area contributed by atoms with Crippen molar-refractivity contribution >= 4 is 5.97 Å². The summed E-state index contributed by atoms with van der Waals surface area (Å²) in [5, 5.41) is 26.0. The first-order valence-electron chi connectivity index (χ1n) is 13.6. The second-order valence-corrected chi connectivity index (χ2v) is 12.5. The lowest BCUT2D eigenvalue weighted by Gasteiger charge is -2.70. The Bertz CT molecular complexity index is 918. The smallest absolute Gasteiger partial charge is 0.302 e. The van der Waals surface area contributed by atoms with E-state index in [-0.39, 0.29) is 53.8 Å². The van der Waals surface area contributed by atoms with Crippen molar-refractivity contribution < 1.29 is 38.7 Å². The van der Waals surface area contributed by atoms with Crippen molar-refractivity contribution in [3.05, 3.63) is 0 Å².